The van der Waals surface area contributed by atoms with Gasteiger partial charge in [-0.25, -0.2) is 13.1 Å². The Kier molecular flexibility index (Phi) is 7.28. The first-order valence-electron chi connectivity index (χ1n) is 7.73. The molecule has 0 saturated heterocycles. The van der Waals surface area contributed by atoms with E-state index in [0.29, 0.717) is 24.5 Å². The largest absolute Gasteiger partial charge is 0.493 e. The second-order valence-electron chi connectivity index (χ2n) is 5.38. The molecular formula is C17H18Cl2N2O4S. The molecule has 1 amide bonds. The van der Waals surface area contributed by atoms with Crippen LogP contribution in [-0.4, -0.2) is 27.5 Å². The predicted octanol–water partition coefficient (Wildman–Crippen LogP) is 3.70. The molecule has 0 spiro atoms. The summed E-state index contributed by atoms with van der Waals surface area (Å²) in [7, 11) is -3.75. The lowest BCUT2D eigenvalue weighted by atomic mass is 10.3. The van der Waals surface area contributed by atoms with E-state index in [0.717, 1.165) is 0 Å². The zero-order valence-electron chi connectivity index (χ0n) is 14.0. The van der Waals surface area contributed by atoms with Crippen molar-refractivity contribution in [2.24, 2.45) is 0 Å². The molecule has 0 heterocycles. The first-order chi connectivity index (χ1) is 12.3. The van der Waals surface area contributed by atoms with Crippen molar-refractivity contribution in [1.29, 1.82) is 0 Å². The van der Waals surface area contributed by atoms with E-state index >= 15 is 0 Å². The normalized spacial score (nSPS) is 11.2. The summed E-state index contributed by atoms with van der Waals surface area (Å²) in [5, 5.41) is 3.05. The molecule has 140 valence electrons. The molecule has 2 N–H and O–H groups in total. The zero-order valence-corrected chi connectivity index (χ0v) is 16.3. The highest BCUT2D eigenvalue weighted by Crippen LogP contribution is 2.24. The number of benzene rings is 2. The molecule has 0 atom stereocenters. The minimum Gasteiger partial charge on any atom is -0.493 e. The number of carbonyl (C=O) groups excluding carboxylic acids is 1. The van der Waals surface area contributed by atoms with Gasteiger partial charge < -0.3 is 10.1 Å². The van der Waals surface area contributed by atoms with Crippen LogP contribution in [0.5, 0.6) is 5.75 Å². The highest BCUT2D eigenvalue weighted by Gasteiger charge is 2.17. The van der Waals surface area contributed by atoms with E-state index < -0.39 is 10.0 Å². The molecule has 0 radical (unpaired) electrons. The van der Waals surface area contributed by atoms with Gasteiger partial charge in [0.25, 0.3) is 0 Å². The fourth-order valence-electron chi connectivity index (χ4n) is 2.10. The van der Waals surface area contributed by atoms with Gasteiger partial charge in [-0.2, -0.15) is 0 Å². The van der Waals surface area contributed by atoms with Gasteiger partial charge in [0.15, 0.2) is 0 Å². The van der Waals surface area contributed by atoms with Gasteiger partial charge in [-0.1, -0.05) is 29.3 Å². The molecule has 0 aliphatic rings. The van der Waals surface area contributed by atoms with Crippen molar-refractivity contribution in [1.82, 2.24) is 4.72 Å². The van der Waals surface area contributed by atoms with Crippen molar-refractivity contribution in [3.8, 4) is 5.75 Å². The van der Waals surface area contributed by atoms with Crippen LogP contribution in [0.25, 0.3) is 0 Å². The number of rotatable bonds is 8. The number of halogens is 2. The van der Waals surface area contributed by atoms with E-state index in [2.05, 4.69) is 10.0 Å². The van der Waals surface area contributed by atoms with Crippen LogP contribution < -0.4 is 14.8 Å². The number of anilines is 1. The Morgan fingerprint density at radius 1 is 1.15 bits per heavy atom. The fourth-order valence-corrected chi connectivity index (χ4v) is 3.93. The van der Waals surface area contributed by atoms with Crippen LogP contribution in [0.2, 0.25) is 10.0 Å². The summed E-state index contributed by atoms with van der Waals surface area (Å²) >= 11 is 11.7. The monoisotopic (exact) mass is 416 g/mol. The van der Waals surface area contributed by atoms with Crippen molar-refractivity contribution in [2.75, 3.05) is 18.5 Å². The molecule has 0 fully saturated rings. The molecule has 0 bridgehead atoms. The second-order valence-corrected chi connectivity index (χ2v) is 7.96. The third kappa shape index (κ3) is 6.17. The Bertz CT molecular complexity index is 888. The smallest absolute Gasteiger partial charge is 0.242 e. The summed E-state index contributed by atoms with van der Waals surface area (Å²) in [4.78, 5) is 11.0. The molecule has 0 aliphatic heterocycles. The Morgan fingerprint density at radius 3 is 2.65 bits per heavy atom. The van der Waals surface area contributed by atoms with Crippen molar-refractivity contribution < 1.29 is 17.9 Å². The number of sulfonamides is 1. The van der Waals surface area contributed by atoms with Crippen LogP contribution >= 0.6 is 23.2 Å². The average Bonchev–Trinajstić information content (AvgIpc) is 2.56. The molecular weight excluding hydrogens is 399 g/mol. The predicted molar refractivity (Wildman–Crippen MR) is 103 cm³/mol. The number of hydrogen-bond acceptors (Lipinski definition) is 4. The Hall–Kier alpha value is -1.80. The fraction of sp³-hybridized carbons (Fsp3) is 0.235. The summed E-state index contributed by atoms with van der Waals surface area (Å²) in [6.45, 7) is 1.90. The maximum atomic E-state index is 12.3. The van der Waals surface area contributed by atoms with E-state index in [1.165, 1.54) is 25.1 Å². The molecule has 0 aromatic heterocycles. The van der Waals surface area contributed by atoms with Gasteiger partial charge in [0.05, 0.1) is 11.6 Å². The van der Waals surface area contributed by atoms with Gasteiger partial charge in [0.1, 0.15) is 10.6 Å². The lowest BCUT2D eigenvalue weighted by molar-refractivity contribution is -0.114. The Labute approximate surface area is 162 Å². The lowest BCUT2D eigenvalue weighted by Gasteiger charge is -2.10. The number of hydrogen-bond donors (Lipinski definition) is 2. The Balaban J connectivity index is 1.83. The minimum absolute atomic E-state index is 0.0596. The summed E-state index contributed by atoms with van der Waals surface area (Å²) in [6, 6.07) is 11.2. The third-order valence-electron chi connectivity index (χ3n) is 3.22. The van der Waals surface area contributed by atoms with E-state index in [9.17, 15) is 13.2 Å². The molecule has 2 aromatic rings. The topological polar surface area (TPSA) is 84.5 Å². The molecule has 0 aliphatic carbocycles. The highest BCUT2D eigenvalue weighted by molar-refractivity contribution is 7.89. The van der Waals surface area contributed by atoms with E-state index in [-0.39, 0.29) is 27.4 Å². The van der Waals surface area contributed by atoms with Crippen LogP contribution in [0.15, 0.2) is 47.4 Å². The van der Waals surface area contributed by atoms with Crippen molar-refractivity contribution >= 4 is 44.8 Å². The molecule has 6 nitrogen and oxygen atoms in total. The van der Waals surface area contributed by atoms with E-state index in [1.807, 2.05) is 0 Å². The maximum absolute atomic E-state index is 12.3. The minimum atomic E-state index is -3.75. The zero-order chi connectivity index (χ0) is 19.2. The van der Waals surface area contributed by atoms with Crippen LogP contribution in [0, 0.1) is 0 Å². The number of carbonyl (C=O) groups is 1. The molecule has 9 heteroatoms. The number of ether oxygens (including phenoxy) is 1. The quantitative estimate of drug-likeness (QED) is 0.642. The average molecular weight is 417 g/mol. The van der Waals surface area contributed by atoms with E-state index in [4.69, 9.17) is 27.9 Å². The third-order valence-corrected chi connectivity index (χ3v) is 5.40. The van der Waals surface area contributed by atoms with Crippen molar-refractivity contribution in [2.45, 2.75) is 18.2 Å². The summed E-state index contributed by atoms with van der Waals surface area (Å²) in [5.74, 6) is 0.410. The SMILES string of the molecule is CC(=O)Nc1cccc(OCCCNS(=O)(=O)c2cc(Cl)ccc2Cl)c1. The molecule has 2 aromatic carbocycles. The Morgan fingerprint density at radius 2 is 1.92 bits per heavy atom. The standard InChI is InChI=1S/C17H18Cl2N2O4S/c1-12(22)21-14-4-2-5-15(11-14)25-9-3-8-20-26(23,24)17-10-13(18)6-7-16(17)19/h2,4-7,10-11,20H,3,8-9H2,1H3,(H,21,22). The first-order valence-corrected chi connectivity index (χ1v) is 9.97. The highest BCUT2D eigenvalue weighted by atomic mass is 35.5. The van der Waals surface area contributed by atoms with Gasteiger partial charge in [-0.05, 0) is 36.8 Å². The van der Waals surface area contributed by atoms with Crippen LogP contribution in [-0.2, 0) is 14.8 Å². The van der Waals surface area contributed by atoms with Gasteiger partial charge >= 0.3 is 0 Å². The lowest BCUT2D eigenvalue weighted by Crippen LogP contribution is -2.26. The maximum Gasteiger partial charge on any atom is 0.242 e. The number of amides is 1. The number of nitrogens with one attached hydrogen (secondary N) is 2. The van der Waals surface area contributed by atoms with Gasteiger partial charge in [0.2, 0.25) is 15.9 Å². The summed E-state index contributed by atoms with van der Waals surface area (Å²) in [5.41, 5.74) is 0.631. The van der Waals surface area contributed by atoms with Crippen LogP contribution in [0.1, 0.15) is 13.3 Å². The van der Waals surface area contributed by atoms with Crippen molar-refractivity contribution in [3.63, 3.8) is 0 Å². The summed E-state index contributed by atoms with van der Waals surface area (Å²) in [6.07, 6.45) is 0.446. The van der Waals surface area contributed by atoms with Crippen LogP contribution in [0.3, 0.4) is 0 Å². The van der Waals surface area contributed by atoms with Gasteiger partial charge in [-0.3, -0.25) is 4.79 Å². The molecule has 0 saturated carbocycles. The molecule has 26 heavy (non-hydrogen) atoms. The van der Waals surface area contributed by atoms with Crippen molar-refractivity contribution in [3.05, 3.63) is 52.5 Å². The van der Waals surface area contributed by atoms with Gasteiger partial charge in [0, 0.05) is 30.2 Å². The second kappa shape index (κ2) is 9.23. The summed E-state index contributed by atoms with van der Waals surface area (Å²) < 4.78 is 32.5. The molecule has 0 unspecified atom stereocenters. The van der Waals surface area contributed by atoms with Gasteiger partial charge in [-0.15, -0.1) is 0 Å². The van der Waals surface area contributed by atoms with E-state index in [1.54, 1.807) is 24.3 Å². The molecule has 2 rings (SSSR count). The first kappa shape index (κ1) is 20.5. The van der Waals surface area contributed by atoms with Crippen LogP contribution in [0.4, 0.5) is 5.69 Å².